The maximum absolute atomic E-state index is 8.71. The number of nitrogens with zero attached hydrogens (tertiary/aromatic N) is 2. The van der Waals surface area contributed by atoms with E-state index < -0.39 is 0 Å². The summed E-state index contributed by atoms with van der Waals surface area (Å²) in [5.41, 5.74) is 1.53. The highest BCUT2D eigenvalue weighted by Gasteiger charge is 2.06. The van der Waals surface area contributed by atoms with Gasteiger partial charge >= 0.3 is 0 Å². The molecule has 0 unspecified atom stereocenters. The van der Waals surface area contributed by atoms with Gasteiger partial charge in [-0.25, -0.2) is 0 Å². The van der Waals surface area contributed by atoms with E-state index in [1.165, 1.54) is 6.08 Å². The Morgan fingerprint density at radius 3 is 2.14 bits per heavy atom. The Balaban J connectivity index is 2.08. The molecule has 2 rings (SSSR count). The zero-order chi connectivity index (χ0) is 15.9. The van der Waals surface area contributed by atoms with Gasteiger partial charge in [0.2, 0.25) is 0 Å². The van der Waals surface area contributed by atoms with Crippen LogP contribution in [0, 0.1) is 22.7 Å². The van der Waals surface area contributed by atoms with Crippen LogP contribution in [0.2, 0.25) is 10.0 Å². The maximum Gasteiger partial charge on any atom is 0.130 e. The fourth-order valence-corrected chi connectivity index (χ4v) is 2.25. The molecule has 0 spiro atoms. The normalized spacial score (nSPS) is 9.45. The lowest BCUT2D eigenvalue weighted by Gasteiger charge is -2.09. The lowest BCUT2D eigenvalue weighted by molar-refractivity contribution is 0.306. The monoisotopic (exact) mass is 328 g/mol. The van der Waals surface area contributed by atoms with Crippen LogP contribution in [0.3, 0.4) is 0 Å². The highest BCUT2D eigenvalue weighted by atomic mass is 35.5. The first-order valence-corrected chi connectivity index (χ1v) is 7.07. The fraction of sp³-hybridized carbons (Fsp3) is 0.0588. The molecule has 0 atom stereocenters. The number of nitriles is 2. The largest absolute Gasteiger partial charge is 0.489 e. The molecule has 2 aromatic carbocycles. The van der Waals surface area contributed by atoms with Gasteiger partial charge in [0.1, 0.15) is 30.1 Å². The van der Waals surface area contributed by atoms with Crippen molar-refractivity contribution >= 4 is 29.3 Å². The van der Waals surface area contributed by atoms with Crippen LogP contribution in [0.15, 0.2) is 48.0 Å². The summed E-state index contributed by atoms with van der Waals surface area (Å²) in [6.45, 7) is 0.259. The summed E-state index contributed by atoms with van der Waals surface area (Å²) in [6.07, 6.45) is 1.51. The van der Waals surface area contributed by atoms with Crippen LogP contribution in [0.25, 0.3) is 6.08 Å². The van der Waals surface area contributed by atoms with Crippen molar-refractivity contribution in [2.75, 3.05) is 0 Å². The number of allylic oxidation sites excluding steroid dienone is 1. The molecular weight excluding hydrogens is 319 g/mol. The van der Waals surface area contributed by atoms with Crippen molar-refractivity contribution in [1.29, 1.82) is 10.5 Å². The number of benzene rings is 2. The van der Waals surface area contributed by atoms with Gasteiger partial charge in [0.25, 0.3) is 0 Å². The van der Waals surface area contributed by atoms with E-state index >= 15 is 0 Å². The lowest BCUT2D eigenvalue weighted by Crippen LogP contribution is -1.97. The summed E-state index contributed by atoms with van der Waals surface area (Å²) < 4.78 is 5.65. The van der Waals surface area contributed by atoms with Gasteiger partial charge in [0, 0.05) is 15.6 Å². The second-order valence-corrected chi connectivity index (χ2v) is 5.15. The van der Waals surface area contributed by atoms with Gasteiger partial charge in [-0.15, -0.1) is 0 Å². The molecule has 22 heavy (non-hydrogen) atoms. The Labute approximate surface area is 138 Å². The molecule has 0 aliphatic heterocycles. The second-order valence-electron chi connectivity index (χ2n) is 4.34. The molecule has 108 valence electrons. The summed E-state index contributed by atoms with van der Waals surface area (Å²) in [6, 6.07) is 15.9. The SMILES string of the molecule is N#CC(C#N)=Cc1ccc(OCc2c(Cl)cccc2Cl)cc1. The Kier molecular flexibility index (Phi) is 5.44. The Bertz CT molecular complexity index is 748. The Hall–Kier alpha value is -2.46. The quantitative estimate of drug-likeness (QED) is 0.742. The van der Waals surface area contributed by atoms with Crippen LogP contribution in [0.4, 0.5) is 0 Å². The molecule has 0 fully saturated rings. The molecular formula is C17H10Cl2N2O. The summed E-state index contributed by atoms with van der Waals surface area (Å²) in [5.74, 6) is 0.642. The number of hydrogen-bond acceptors (Lipinski definition) is 3. The van der Waals surface area contributed by atoms with Crippen molar-refractivity contribution in [2.24, 2.45) is 0 Å². The Morgan fingerprint density at radius 1 is 1.00 bits per heavy atom. The minimum absolute atomic E-state index is 0.0523. The third kappa shape index (κ3) is 4.02. The van der Waals surface area contributed by atoms with E-state index in [2.05, 4.69) is 0 Å². The molecule has 0 saturated carbocycles. The summed E-state index contributed by atoms with van der Waals surface area (Å²) >= 11 is 12.2. The van der Waals surface area contributed by atoms with E-state index in [4.69, 9.17) is 38.5 Å². The average molecular weight is 329 g/mol. The first kappa shape index (κ1) is 15.9. The molecule has 0 amide bonds. The Morgan fingerprint density at radius 2 is 1.59 bits per heavy atom. The summed E-state index contributed by atoms with van der Waals surface area (Å²) in [4.78, 5) is 0. The molecule has 0 aliphatic rings. The van der Waals surface area contributed by atoms with Crippen molar-refractivity contribution in [3.05, 3.63) is 69.2 Å². The van der Waals surface area contributed by atoms with Crippen LogP contribution < -0.4 is 4.74 Å². The van der Waals surface area contributed by atoms with Crippen molar-refractivity contribution in [3.8, 4) is 17.9 Å². The zero-order valence-corrected chi connectivity index (χ0v) is 12.9. The summed E-state index contributed by atoms with van der Waals surface area (Å²) in [7, 11) is 0. The predicted molar refractivity (Wildman–Crippen MR) is 86.4 cm³/mol. The molecule has 0 bridgehead atoms. The number of halogens is 2. The number of hydrogen-bond donors (Lipinski definition) is 0. The molecule has 0 saturated heterocycles. The first-order valence-electron chi connectivity index (χ1n) is 6.31. The van der Waals surface area contributed by atoms with Crippen molar-refractivity contribution < 1.29 is 4.74 Å². The van der Waals surface area contributed by atoms with Crippen molar-refractivity contribution in [2.45, 2.75) is 6.61 Å². The van der Waals surface area contributed by atoms with Gasteiger partial charge in [0.05, 0.1) is 0 Å². The van der Waals surface area contributed by atoms with Gasteiger partial charge in [-0.3, -0.25) is 0 Å². The van der Waals surface area contributed by atoms with E-state index in [1.807, 2.05) is 12.1 Å². The van der Waals surface area contributed by atoms with Crippen LogP contribution in [0.5, 0.6) is 5.75 Å². The van der Waals surface area contributed by atoms with E-state index in [0.717, 1.165) is 11.1 Å². The minimum atomic E-state index is 0.0523. The van der Waals surface area contributed by atoms with Gasteiger partial charge in [0.15, 0.2) is 0 Å². The highest BCUT2D eigenvalue weighted by Crippen LogP contribution is 2.26. The van der Waals surface area contributed by atoms with Crippen LogP contribution in [-0.4, -0.2) is 0 Å². The van der Waals surface area contributed by atoms with Crippen LogP contribution in [-0.2, 0) is 6.61 Å². The van der Waals surface area contributed by atoms with E-state index in [0.29, 0.717) is 15.8 Å². The van der Waals surface area contributed by atoms with Crippen molar-refractivity contribution in [1.82, 2.24) is 0 Å². The van der Waals surface area contributed by atoms with Gasteiger partial charge in [-0.1, -0.05) is 41.4 Å². The number of rotatable bonds is 4. The standard InChI is InChI=1S/C17H10Cl2N2O/c18-16-2-1-3-17(19)15(16)11-22-14-6-4-12(5-7-14)8-13(9-20)10-21/h1-8H,11H2. The van der Waals surface area contributed by atoms with Gasteiger partial charge in [-0.2, -0.15) is 10.5 Å². The molecule has 2 aromatic rings. The topological polar surface area (TPSA) is 56.8 Å². The average Bonchev–Trinajstić information content (AvgIpc) is 2.53. The molecule has 0 aromatic heterocycles. The molecule has 3 nitrogen and oxygen atoms in total. The zero-order valence-electron chi connectivity index (χ0n) is 11.4. The van der Waals surface area contributed by atoms with E-state index in [9.17, 15) is 0 Å². The van der Waals surface area contributed by atoms with Gasteiger partial charge in [-0.05, 0) is 35.9 Å². The molecule has 0 aliphatic carbocycles. The maximum atomic E-state index is 8.71. The van der Waals surface area contributed by atoms with Gasteiger partial charge < -0.3 is 4.74 Å². The lowest BCUT2D eigenvalue weighted by atomic mass is 10.1. The van der Waals surface area contributed by atoms with E-state index in [-0.39, 0.29) is 12.2 Å². The van der Waals surface area contributed by atoms with E-state index in [1.54, 1.807) is 42.5 Å². The molecule has 5 heteroatoms. The third-order valence-corrected chi connectivity index (χ3v) is 3.59. The predicted octanol–water partition coefficient (Wildman–Crippen LogP) is 5.00. The third-order valence-electron chi connectivity index (χ3n) is 2.88. The van der Waals surface area contributed by atoms with Crippen LogP contribution >= 0.6 is 23.2 Å². The highest BCUT2D eigenvalue weighted by molar-refractivity contribution is 6.35. The molecule has 0 N–H and O–H groups in total. The first-order chi connectivity index (χ1) is 10.6. The number of ether oxygens (including phenoxy) is 1. The molecule has 0 radical (unpaired) electrons. The van der Waals surface area contributed by atoms with Crippen LogP contribution in [0.1, 0.15) is 11.1 Å². The van der Waals surface area contributed by atoms with Crippen molar-refractivity contribution in [3.63, 3.8) is 0 Å². The fourth-order valence-electron chi connectivity index (χ4n) is 1.74. The minimum Gasteiger partial charge on any atom is -0.489 e. The second kappa shape index (κ2) is 7.52. The summed E-state index contributed by atoms with van der Waals surface area (Å²) in [5, 5.41) is 18.5. The molecule has 0 heterocycles. The smallest absolute Gasteiger partial charge is 0.130 e.